The van der Waals surface area contributed by atoms with E-state index >= 15 is 0 Å². The zero-order chi connectivity index (χ0) is 12.4. The first-order valence-electron chi connectivity index (χ1n) is 5.63. The van der Waals surface area contributed by atoms with Gasteiger partial charge in [0.2, 0.25) is 5.90 Å². The van der Waals surface area contributed by atoms with E-state index in [0.29, 0.717) is 12.6 Å². The van der Waals surface area contributed by atoms with Crippen LogP contribution in [0.1, 0.15) is 5.56 Å². The van der Waals surface area contributed by atoms with Crippen LogP contribution in [0, 0.1) is 0 Å². The van der Waals surface area contributed by atoms with Crippen molar-refractivity contribution in [3.05, 3.63) is 64.6 Å². The van der Waals surface area contributed by atoms with Crippen molar-refractivity contribution < 1.29 is 4.74 Å². The van der Waals surface area contributed by atoms with Gasteiger partial charge in [-0.05, 0) is 40.2 Å². The largest absolute Gasteiger partial charge is 0.453 e. The highest BCUT2D eigenvalue weighted by atomic mass is 79.9. The van der Waals surface area contributed by atoms with Crippen molar-refractivity contribution in [2.24, 2.45) is 5.10 Å². The number of para-hydroxylation sites is 1. The Bertz CT molecular complexity index is 583. The first kappa shape index (κ1) is 11.3. The van der Waals surface area contributed by atoms with Gasteiger partial charge in [0.15, 0.2) is 6.73 Å². The molecule has 0 aromatic heterocycles. The Kier molecular flexibility index (Phi) is 3.02. The molecule has 2 aromatic carbocycles. The molecule has 0 atom stereocenters. The number of hydrazone groups is 1. The Morgan fingerprint density at radius 3 is 2.50 bits per heavy atom. The molecule has 0 saturated heterocycles. The van der Waals surface area contributed by atoms with Gasteiger partial charge < -0.3 is 4.74 Å². The van der Waals surface area contributed by atoms with Crippen LogP contribution in [0.4, 0.5) is 5.69 Å². The van der Waals surface area contributed by atoms with E-state index in [-0.39, 0.29) is 0 Å². The highest BCUT2D eigenvalue weighted by molar-refractivity contribution is 9.10. The van der Waals surface area contributed by atoms with Gasteiger partial charge in [-0.15, -0.1) is 5.10 Å². The van der Waals surface area contributed by atoms with Crippen LogP contribution in [-0.4, -0.2) is 12.6 Å². The monoisotopic (exact) mass is 302 g/mol. The summed E-state index contributed by atoms with van der Waals surface area (Å²) >= 11 is 3.50. The average molecular weight is 303 g/mol. The van der Waals surface area contributed by atoms with Crippen molar-refractivity contribution in [2.75, 3.05) is 11.7 Å². The average Bonchev–Trinajstić information content (AvgIpc) is 2.90. The normalized spacial score (nSPS) is 14.3. The van der Waals surface area contributed by atoms with Crippen LogP contribution in [-0.2, 0) is 4.74 Å². The highest BCUT2D eigenvalue weighted by Gasteiger charge is 2.19. The number of benzene rings is 2. The summed E-state index contributed by atoms with van der Waals surface area (Å²) in [4.78, 5) is 0. The molecule has 0 radical (unpaired) electrons. The molecule has 0 bridgehead atoms. The summed E-state index contributed by atoms with van der Waals surface area (Å²) in [5, 5.41) is 6.33. The molecule has 0 saturated carbocycles. The number of ether oxygens (including phenoxy) is 1. The van der Waals surface area contributed by atoms with Crippen LogP contribution in [0.15, 0.2) is 64.2 Å². The number of hydrogen-bond acceptors (Lipinski definition) is 3. The van der Waals surface area contributed by atoms with Crippen molar-refractivity contribution in [2.45, 2.75) is 0 Å². The predicted molar refractivity (Wildman–Crippen MR) is 75.6 cm³/mol. The van der Waals surface area contributed by atoms with E-state index in [9.17, 15) is 0 Å². The van der Waals surface area contributed by atoms with Crippen LogP contribution in [0.25, 0.3) is 0 Å². The minimum Gasteiger partial charge on any atom is -0.453 e. The summed E-state index contributed by atoms with van der Waals surface area (Å²) < 4.78 is 6.62. The lowest BCUT2D eigenvalue weighted by Crippen LogP contribution is -2.12. The summed E-state index contributed by atoms with van der Waals surface area (Å²) in [5.74, 6) is 0.645. The number of nitrogens with zero attached hydrogens (tertiary/aromatic N) is 2. The molecule has 1 heterocycles. The van der Waals surface area contributed by atoms with E-state index in [1.807, 2.05) is 59.6 Å². The lowest BCUT2D eigenvalue weighted by molar-refractivity contribution is 0.338. The Hall–Kier alpha value is -1.81. The van der Waals surface area contributed by atoms with Crippen LogP contribution in [0.5, 0.6) is 0 Å². The third-order valence-electron chi connectivity index (χ3n) is 2.69. The second kappa shape index (κ2) is 4.82. The second-order valence-corrected chi connectivity index (χ2v) is 4.75. The van der Waals surface area contributed by atoms with Gasteiger partial charge in [0, 0.05) is 4.47 Å². The Balaban J connectivity index is 1.91. The van der Waals surface area contributed by atoms with Gasteiger partial charge in [-0.25, -0.2) is 5.01 Å². The van der Waals surface area contributed by atoms with Gasteiger partial charge in [-0.3, -0.25) is 0 Å². The lowest BCUT2D eigenvalue weighted by Gasteiger charge is -2.09. The number of hydrogen-bond donors (Lipinski definition) is 0. The fourth-order valence-electron chi connectivity index (χ4n) is 1.79. The van der Waals surface area contributed by atoms with E-state index in [4.69, 9.17) is 4.74 Å². The summed E-state index contributed by atoms with van der Waals surface area (Å²) in [7, 11) is 0. The zero-order valence-corrected chi connectivity index (χ0v) is 11.2. The van der Waals surface area contributed by atoms with Crippen LogP contribution in [0.3, 0.4) is 0 Å². The predicted octanol–water partition coefficient (Wildman–Crippen LogP) is 3.61. The Morgan fingerprint density at radius 1 is 1.00 bits per heavy atom. The smallest absolute Gasteiger partial charge is 0.241 e. The van der Waals surface area contributed by atoms with Crippen molar-refractivity contribution in [1.29, 1.82) is 0 Å². The van der Waals surface area contributed by atoms with Gasteiger partial charge in [0.25, 0.3) is 0 Å². The van der Waals surface area contributed by atoms with Crippen LogP contribution in [0.2, 0.25) is 0 Å². The van der Waals surface area contributed by atoms with Crippen molar-refractivity contribution in [3.8, 4) is 0 Å². The molecular formula is C14H11BrN2O. The van der Waals surface area contributed by atoms with E-state index in [1.54, 1.807) is 0 Å². The fourth-order valence-corrected chi connectivity index (χ4v) is 2.24. The van der Waals surface area contributed by atoms with Crippen LogP contribution >= 0.6 is 15.9 Å². The molecule has 1 aliphatic heterocycles. The summed E-state index contributed by atoms with van der Waals surface area (Å²) in [6.07, 6.45) is 0. The van der Waals surface area contributed by atoms with Crippen molar-refractivity contribution in [3.63, 3.8) is 0 Å². The number of halogens is 1. The molecule has 3 rings (SSSR count). The van der Waals surface area contributed by atoms with Gasteiger partial charge in [-0.1, -0.05) is 30.3 Å². The Morgan fingerprint density at radius 2 is 1.72 bits per heavy atom. The molecule has 2 aromatic rings. The van der Waals surface area contributed by atoms with Gasteiger partial charge in [-0.2, -0.15) is 0 Å². The van der Waals surface area contributed by atoms with E-state index in [0.717, 1.165) is 15.7 Å². The molecule has 0 aliphatic carbocycles. The third-order valence-corrected chi connectivity index (χ3v) is 3.39. The topological polar surface area (TPSA) is 24.8 Å². The second-order valence-electron chi connectivity index (χ2n) is 3.89. The lowest BCUT2D eigenvalue weighted by atomic mass is 10.2. The van der Waals surface area contributed by atoms with Gasteiger partial charge >= 0.3 is 0 Å². The molecule has 90 valence electrons. The number of anilines is 1. The van der Waals surface area contributed by atoms with Crippen molar-refractivity contribution in [1.82, 2.24) is 0 Å². The third kappa shape index (κ3) is 2.11. The standard InChI is InChI=1S/C14H11BrN2O/c15-13-9-5-4-8-12(13)14-16-17(10-18-14)11-6-2-1-3-7-11/h1-9H,10H2. The van der Waals surface area contributed by atoms with E-state index < -0.39 is 0 Å². The van der Waals surface area contributed by atoms with E-state index in [1.165, 1.54) is 0 Å². The van der Waals surface area contributed by atoms with Crippen LogP contribution < -0.4 is 5.01 Å². The molecule has 1 aliphatic rings. The highest BCUT2D eigenvalue weighted by Crippen LogP contribution is 2.23. The van der Waals surface area contributed by atoms with Crippen molar-refractivity contribution >= 4 is 27.5 Å². The first-order valence-corrected chi connectivity index (χ1v) is 6.43. The van der Waals surface area contributed by atoms with Gasteiger partial charge in [0.05, 0.1) is 11.3 Å². The quantitative estimate of drug-likeness (QED) is 0.846. The molecule has 3 nitrogen and oxygen atoms in total. The molecule has 0 fully saturated rings. The summed E-state index contributed by atoms with van der Waals surface area (Å²) in [6, 6.07) is 17.9. The fraction of sp³-hybridized carbons (Fsp3) is 0.0714. The Labute approximate surface area is 114 Å². The molecule has 18 heavy (non-hydrogen) atoms. The summed E-state index contributed by atoms with van der Waals surface area (Å²) in [5.41, 5.74) is 2.00. The molecule has 4 heteroatoms. The molecule has 0 N–H and O–H groups in total. The minimum atomic E-state index is 0.445. The first-order chi connectivity index (χ1) is 8.84. The zero-order valence-electron chi connectivity index (χ0n) is 9.58. The molecule has 0 spiro atoms. The maximum Gasteiger partial charge on any atom is 0.241 e. The summed E-state index contributed by atoms with van der Waals surface area (Å²) in [6.45, 7) is 0.445. The maximum absolute atomic E-state index is 5.63. The molecule has 0 unspecified atom stereocenters. The van der Waals surface area contributed by atoms with E-state index in [2.05, 4.69) is 21.0 Å². The minimum absolute atomic E-state index is 0.445. The van der Waals surface area contributed by atoms with Gasteiger partial charge in [0.1, 0.15) is 0 Å². The maximum atomic E-state index is 5.63. The molecular weight excluding hydrogens is 292 g/mol. The SMILES string of the molecule is Brc1ccccc1C1=NN(c2ccccc2)CO1. The number of rotatable bonds is 2. The molecule has 0 amide bonds.